The molecule has 2 aromatic rings. The SMILES string of the molecule is COc1cc(S(=O)(=O)N2C[C@H](CCC(=O)O)Oc3ccc(Br)cc32)ccc1F. The lowest BCUT2D eigenvalue weighted by Gasteiger charge is -2.35. The van der Waals surface area contributed by atoms with E-state index in [1.807, 2.05) is 0 Å². The van der Waals surface area contributed by atoms with Gasteiger partial charge in [0.1, 0.15) is 11.9 Å². The molecule has 150 valence electrons. The molecule has 3 rings (SSSR count). The van der Waals surface area contributed by atoms with Gasteiger partial charge in [-0.15, -0.1) is 0 Å². The molecule has 0 saturated carbocycles. The Morgan fingerprint density at radius 2 is 2.11 bits per heavy atom. The van der Waals surface area contributed by atoms with Crippen molar-refractivity contribution in [3.8, 4) is 11.5 Å². The number of sulfonamides is 1. The molecule has 0 spiro atoms. The summed E-state index contributed by atoms with van der Waals surface area (Å²) in [5.74, 6) is -1.54. The first-order valence-electron chi connectivity index (χ1n) is 8.26. The van der Waals surface area contributed by atoms with E-state index >= 15 is 0 Å². The molecule has 0 radical (unpaired) electrons. The molecule has 0 aliphatic carbocycles. The second-order valence-electron chi connectivity index (χ2n) is 6.12. The molecule has 2 aromatic carbocycles. The van der Waals surface area contributed by atoms with Crippen LogP contribution in [-0.4, -0.2) is 39.3 Å². The number of carbonyl (C=O) groups is 1. The Morgan fingerprint density at radius 3 is 2.79 bits per heavy atom. The summed E-state index contributed by atoms with van der Waals surface area (Å²) in [6, 6.07) is 8.21. The molecule has 7 nitrogen and oxygen atoms in total. The van der Waals surface area contributed by atoms with Crippen molar-refractivity contribution in [2.45, 2.75) is 23.8 Å². The van der Waals surface area contributed by atoms with Crippen molar-refractivity contribution in [3.05, 3.63) is 46.7 Å². The zero-order valence-electron chi connectivity index (χ0n) is 14.8. The van der Waals surface area contributed by atoms with E-state index in [2.05, 4.69) is 15.9 Å². The molecule has 1 N–H and O–H groups in total. The minimum absolute atomic E-state index is 0.0707. The molecule has 1 aliphatic heterocycles. The molecule has 0 bridgehead atoms. The average molecular weight is 474 g/mol. The fraction of sp³-hybridized carbons (Fsp3) is 0.278. The maximum absolute atomic E-state index is 13.7. The first-order valence-corrected chi connectivity index (χ1v) is 10.5. The highest BCUT2D eigenvalue weighted by molar-refractivity contribution is 9.10. The maximum atomic E-state index is 13.7. The van der Waals surface area contributed by atoms with Crippen molar-refractivity contribution in [2.24, 2.45) is 0 Å². The van der Waals surface area contributed by atoms with Crippen molar-refractivity contribution in [3.63, 3.8) is 0 Å². The van der Waals surface area contributed by atoms with E-state index in [4.69, 9.17) is 14.6 Å². The van der Waals surface area contributed by atoms with Gasteiger partial charge in [0, 0.05) is 17.0 Å². The van der Waals surface area contributed by atoms with Crippen LogP contribution in [-0.2, 0) is 14.8 Å². The lowest BCUT2D eigenvalue weighted by Crippen LogP contribution is -2.43. The normalized spacial score (nSPS) is 16.2. The Balaban J connectivity index is 2.04. The minimum atomic E-state index is -4.07. The van der Waals surface area contributed by atoms with Gasteiger partial charge in [0.2, 0.25) is 0 Å². The van der Waals surface area contributed by atoms with Crippen molar-refractivity contribution >= 4 is 37.6 Å². The van der Waals surface area contributed by atoms with E-state index in [-0.39, 0.29) is 30.0 Å². The van der Waals surface area contributed by atoms with Crippen LogP contribution in [0.1, 0.15) is 12.8 Å². The molecule has 0 aromatic heterocycles. The number of benzene rings is 2. The largest absolute Gasteiger partial charge is 0.494 e. The predicted molar refractivity (Wildman–Crippen MR) is 103 cm³/mol. The van der Waals surface area contributed by atoms with Gasteiger partial charge in [-0.05, 0) is 36.8 Å². The smallest absolute Gasteiger partial charge is 0.303 e. The maximum Gasteiger partial charge on any atom is 0.303 e. The fourth-order valence-corrected chi connectivity index (χ4v) is 4.74. The number of fused-ring (bicyclic) bond motifs is 1. The molecule has 0 saturated heterocycles. The topological polar surface area (TPSA) is 93.1 Å². The first-order chi connectivity index (χ1) is 13.2. The summed E-state index contributed by atoms with van der Waals surface area (Å²) in [5.41, 5.74) is 0.309. The molecule has 10 heteroatoms. The van der Waals surface area contributed by atoms with E-state index in [9.17, 15) is 17.6 Å². The summed E-state index contributed by atoms with van der Waals surface area (Å²) < 4.78 is 52.8. The van der Waals surface area contributed by atoms with E-state index in [1.165, 1.54) is 7.11 Å². The monoisotopic (exact) mass is 473 g/mol. The molecule has 28 heavy (non-hydrogen) atoms. The third kappa shape index (κ3) is 4.07. The molecule has 1 heterocycles. The Hall–Kier alpha value is -2.33. The van der Waals surface area contributed by atoms with E-state index in [0.717, 1.165) is 22.5 Å². The van der Waals surface area contributed by atoms with Gasteiger partial charge >= 0.3 is 5.97 Å². The van der Waals surface area contributed by atoms with Crippen molar-refractivity contribution in [2.75, 3.05) is 18.0 Å². The Kier molecular flexibility index (Phi) is 5.80. The van der Waals surface area contributed by atoms with Gasteiger partial charge in [0.05, 0.1) is 24.2 Å². The van der Waals surface area contributed by atoms with Crippen molar-refractivity contribution < 1.29 is 32.2 Å². The number of carboxylic acid groups (broad SMARTS) is 1. The van der Waals surface area contributed by atoms with Crippen LogP contribution in [0.5, 0.6) is 11.5 Å². The number of aliphatic carboxylic acids is 1. The lowest BCUT2D eigenvalue weighted by molar-refractivity contribution is -0.137. The van der Waals surface area contributed by atoms with Gasteiger partial charge in [-0.25, -0.2) is 12.8 Å². The number of rotatable bonds is 6. The van der Waals surface area contributed by atoms with Crippen LogP contribution in [0, 0.1) is 5.82 Å². The molecular weight excluding hydrogens is 457 g/mol. The number of hydrogen-bond donors (Lipinski definition) is 1. The standard InChI is InChI=1S/C18H17BrFNO6S/c1-26-17-9-13(4-5-14(17)20)28(24,25)21-10-12(3-7-18(22)23)27-16-6-2-11(19)8-15(16)21/h2,4-6,8-9,12H,3,7,10H2,1H3,(H,22,23)/t12-/m0/s1. The third-order valence-corrected chi connectivity index (χ3v) is 6.51. The fourth-order valence-electron chi connectivity index (χ4n) is 2.88. The second-order valence-corrected chi connectivity index (χ2v) is 8.89. The molecule has 1 aliphatic rings. The minimum Gasteiger partial charge on any atom is -0.494 e. The average Bonchev–Trinajstić information content (AvgIpc) is 2.65. The van der Waals surface area contributed by atoms with Crippen molar-refractivity contribution in [1.29, 1.82) is 0 Å². The Morgan fingerprint density at radius 1 is 1.36 bits per heavy atom. The highest BCUT2D eigenvalue weighted by Crippen LogP contribution is 2.40. The van der Waals surface area contributed by atoms with Gasteiger partial charge in [-0.1, -0.05) is 15.9 Å². The second kappa shape index (κ2) is 7.96. The summed E-state index contributed by atoms with van der Waals surface area (Å²) in [5, 5.41) is 8.92. The Labute approximate surface area is 169 Å². The van der Waals surface area contributed by atoms with Crippen LogP contribution < -0.4 is 13.8 Å². The van der Waals surface area contributed by atoms with Crippen LogP contribution in [0.2, 0.25) is 0 Å². The quantitative estimate of drug-likeness (QED) is 0.690. The molecule has 1 atom stereocenters. The number of ether oxygens (including phenoxy) is 2. The van der Waals surface area contributed by atoms with Crippen LogP contribution in [0.3, 0.4) is 0 Å². The van der Waals surface area contributed by atoms with Crippen LogP contribution in [0.25, 0.3) is 0 Å². The molecule has 0 fully saturated rings. The summed E-state index contributed by atoms with van der Waals surface area (Å²) >= 11 is 3.31. The lowest BCUT2D eigenvalue weighted by atomic mass is 10.1. The number of hydrogen-bond acceptors (Lipinski definition) is 5. The number of halogens is 2. The number of nitrogens with zero attached hydrogens (tertiary/aromatic N) is 1. The van der Waals surface area contributed by atoms with Crippen LogP contribution >= 0.6 is 15.9 Å². The summed E-state index contributed by atoms with van der Waals surface area (Å²) in [6.45, 7) is -0.0707. The van der Waals surface area contributed by atoms with Gasteiger partial charge in [-0.2, -0.15) is 0 Å². The van der Waals surface area contributed by atoms with Crippen LogP contribution in [0.15, 0.2) is 45.8 Å². The van der Waals surface area contributed by atoms with Crippen LogP contribution in [0.4, 0.5) is 10.1 Å². The van der Waals surface area contributed by atoms with Gasteiger partial charge in [-0.3, -0.25) is 9.10 Å². The molecule has 0 unspecified atom stereocenters. The number of anilines is 1. The summed E-state index contributed by atoms with van der Waals surface area (Å²) in [7, 11) is -2.83. The molecular formula is C18H17BrFNO6S. The van der Waals surface area contributed by atoms with E-state index < -0.39 is 27.9 Å². The van der Waals surface area contributed by atoms with Gasteiger partial charge < -0.3 is 14.6 Å². The summed E-state index contributed by atoms with van der Waals surface area (Å²) in [6.07, 6.45) is -0.653. The highest BCUT2D eigenvalue weighted by atomic mass is 79.9. The molecule has 0 amide bonds. The van der Waals surface area contributed by atoms with E-state index in [1.54, 1.807) is 18.2 Å². The third-order valence-electron chi connectivity index (χ3n) is 4.24. The number of carboxylic acids is 1. The van der Waals surface area contributed by atoms with E-state index in [0.29, 0.717) is 15.9 Å². The van der Waals surface area contributed by atoms with Crippen molar-refractivity contribution in [1.82, 2.24) is 0 Å². The van der Waals surface area contributed by atoms with Gasteiger partial charge in [0.25, 0.3) is 10.0 Å². The first kappa shape index (κ1) is 20.4. The van der Waals surface area contributed by atoms with Gasteiger partial charge in [0.15, 0.2) is 11.6 Å². The zero-order chi connectivity index (χ0) is 20.5. The Bertz CT molecular complexity index is 1010. The zero-order valence-corrected chi connectivity index (χ0v) is 17.2. The predicted octanol–water partition coefficient (Wildman–Crippen LogP) is 3.42. The number of methoxy groups -OCH3 is 1. The highest BCUT2D eigenvalue weighted by Gasteiger charge is 2.35. The summed E-state index contributed by atoms with van der Waals surface area (Å²) in [4.78, 5) is 10.7.